The van der Waals surface area contributed by atoms with Crippen LogP contribution in [0.3, 0.4) is 0 Å². The van der Waals surface area contributed by atoms with Crippen LogP contribution >= 0.6 is 0 Å². The summed E-state index contributed by atoms with van der Waals surface area (Å²) in [7, 11) is 0. The van der Waals surface area contributed by atoms with Crippen molar-refractivity contribution in [1.82, 2.24) is 0 Å². The van der Waals surface area contributed by atoms with Crippen LogP contribution in [0.4, 0.5) is 0 Å². The van der Waals surface area contributed by atoms with Crippen LogP contribution in [0.2, 0.25) is 0 Å². The van der Waals surface area contributed by atoms with E-state index in [1.165, 1.54) is 0 Å². The average molecular weight is 305 g/mol. The standard InChI is InChI=1S/AsH3O4.Cr.Cu.2H2O.O/c2-1(3,4)5;;;;;/h(H3,2,3,4,5);;;2*1H2;/q;2*+2;;;/p-4. The van der Waals surface area contributed by atoms with Gasteiger partial charge in [-0.1, -0.05) is 0 Å². The first-order chi connectivity index (χ1) is 3.73. The molecule has 0 aromatic carbocycles. The second kappa shape index (κ2) is 8.11. The zero-order valence-electron chi connectivity index (χ0n) is 4.13. The van der Waals surface area contributed by atoms with E-state index in [0.29, 0.717) is 0 Å². The molecular weight excluding hydrogens is 302 g/mol. The van der Waals surface area contributed by atoms with Crippen LogP contribution in [-0.2, 0) is 39.4 Å². The molecule has 0 spiro atoms. The van der Waals surface area contributed by atoms with Crippen molar-refractivity contribution < 1.29 is 60.0 Å². The van der Waals surface area contributed by atoms with Gasteiger partial charge < -0.3 is 0 Å². The first kappa shape index (κ1) is 17.2. The van der Waals surface area contributed by atoms with Crippen molar-refractivity contribution in [3.8, 4) is 0 Å². The SMILES string of the molecule is O=[As]([O-])([O-])O.[Cu+2].[O]=[Cr]([OH])[OH]. The third-order valence-corrected chi connectivity index (χ3v) is 0. The molecule has 0 aliphatic carbocycles. The van der Waals surface area contributed by atoms with E-state index in [9.17, 15) is 0 Å². The Bertz CT molecular complexity index is 113. The fourth-order valence-corrected chi connectivity index (χ4v) is 0. The van der Waals surface area contributed by atoms with E-state index in [-0.39, 0.29) is 17.1 Å². The van der Waals surface area contributed by atoms with E-state index in [0.717, 1.165) is 0 Å². The summed E-state index contributed by atoms with van der Waals surface area (Å²) in [5.74, 6) is 0. The minimum absolute atomic E-state index is 0. The van der Waals surface area contributed by atoms with Crippen molar-refractivity contribution in [2.24, 2.45) is 0 Å². The molecule has 0 bridgehead atoms. The molecule has 0 aliphatic rings. The van der Waals surface area contributed by atoms with Crippen LogP contribution in [0.1, 0.15) is 0 Å². The van der Waals surface area contributed by atoms with Crippen LogP contribution in [0.15, 0.2) is 0 Å². The Kier molecular flexibility index (Phi) is 13.9. The van der Waals surface area contributed by atoms with Gasteiger partial charge in [0, 0.05) is 0 Å². The third-order valence-electron chi connectivity index (χ3n) is 0. The van der Waals surface area contributed by atoms with Crippen LogP contribution in [-0.4, -0.2) is 26.9 Å². The summed E-state index contributed by atoms with van der Waals surface area (Å²) in [5, 5.41) is 0. The van der Waals surface area contributed by atoms with Crippen LogP contribution in [0.5, 0.6) is 0 Å². The second-order valence-electron chi connectivity index (χ2n) is 0.699. The number of rotatable bonds is 0. The van der Waals surface area contributed by atoms with Crippen molar-refractivity contribution in [1.29, 1.82) is 0 Å². The van der Waals surface area contributed by atoms with E-state index in [2.05, 4.69) is 0 Å². The topological polar surface area (TPSA) is 141 Å². The van der Waals surface area contributed by atoms with Crippen molar-refractivity contribution in [3.05, 3.63) is 0 Å². The first-order valence-electron chi connectivity index (χ1n) is 1.28. The molecule has 0 rings (SSSR count). The van der Waals surface area contributed by atoms with E-state index in [1.807, 2.05) is 0 Å². The quantitative estimate of drug-likeness (QED) is 0.382. The molecule has 3 N–H and O–H groups in total. The Morgan fingerprint density at radius 1 is 1.30 bits per heavy atom. The maximum atomic E-state index is 8.76. The molecule has 0 amide bonds. The molecule has 0 fully saturated rings. The molecule has 0 aromatic heterocycles. The van der Waals surface area contributed by atoms with Crippen molar-refractivity contribution >= 4 is 14.5 Å². The molecule has 0 saturated heterocycles. The zero-order valence-corrected chi connectivity index (χ0v) is 8.22. The van der Waals surface area contributed by atoms with E-state index < -0.39 is 29.3 Å². The molecule has 1 radical (unpaired) electrons. The van der Waals surface area contributed by atoms with Crippen LogP contribution in [0.25, 0.3) is 0 Å². The van der Waals surface area contributed by atoms with E-state index >= 15 is 0 Å². The third kappa shape index (κ3) is 566. The Hall–Kier alpha value is 1.01. The Morgan fingerprint density at radius 2 is 1.30 bits per heavy atom. The fourth-order valence-electron chi connectivity index (χ4n) is 0. The zero-order chi connectivity index (χ0) is 8.08. The molecular formula is H3AsCrCuO7. The predicted molar refractivity (Wildman–Crippen MR) is 13.8 cm³/mol. The van der Waals surface area contributed by atoms with Gasteiger partial charge in [-0.25, -0.2) is 0 Å². The number of hydrogen-bond donors (Lipinski definition) is 3. The molecule has 0 aromatic rings. The molecule has 0 aliphatic heterocycles. The van der Waals surface area contributed by atoms with Gasteiger partial charge in [0.15, 0.2) is 0 Å². The normalized spacial score (nSPS) is 9.40. The van der Waals surface area contributed by atoms with Crippen molar-refractivity contribution in [3.63, 3.8) is 0 Å². The van der Waals surface area contributed by atoms with Gasteiger partial charge in [-0.05, 0) is 0 Å². The van der Waals surface area contributed by atoms with Gasteiger partial charge >= 0.3 is 74.5 Å². The van der Waals surface area contributed by atoms with Gasteiger partial charge in [0.1, 0.15) is 0 Å². The van der Waals surface area contributed by atoms with Crippen LogP contribution in [0, 0.1) is 0 Å². The summed E-state index contributed by atoms with van der Waals surface area (Å²) >= 11 is -8.92. The Balaban J connectivity index is -0.0000000910. The molecule has 0 saturated carbocycles. The molecule has 10 heteroatoms. The minimum atomic E-state index is -5.62. The second-order valence-corrected chi connectivity index (χ2v) is 3.39. The van der Waals surface area contributed by atoms with Gasteiger partial charge in [0.05, 0.1) is 0 Å². The molecule has 67 valence electrons. The molecule has 0 atom stereocenters. The Morgan fingerprint density at radius 3 is 1.30 bits per heavy atom. The van der Waals surface area contributed by atoms with E-state index in [1.54, 1.807) is 0 Å². The van der Waals surface area contributed by atoms with Gasteiger partial charge in [-0.15, -0.1) is 0 Å². The first-order valence-corrected chi connectivity index (χ1v) is 6.08. The van der Waals surface area contributed by atoms with Gasteiger partial charge in [-0.3, -0.25) is 0 Å². The summed E-state index contributed by atoms with van der Waals surface area (Å²) in [6.45, 7) is 0. The summed E-state index contributed by atoms with van der Waals surface area (Å²) in [4.78, 5) is 0. The van der Waals surface area contributed by atoms with Gasteiger partial charge in [0.2, 0.25) is 0 Å². The monoisotopic (exact) mass is 305 g/mol. The summed E-state index contributed by atoms with van der Waals surface area (Å²) < 4.78 is 56.3. The predicted octanol–water partition coefficient (Wildman–Crippen LogP) is -4.67. The fraction of sp³-hybridized carbons (Fsp3) is 0. The van der Waals surface area contributed by atoms with Crippen molar-refractivity contribution in [2.45, 2.75) is 0 Å². The van der Waals surface area contributed by atoms with Crippen molar-refractivity contribution in [2.75, 3.05) is 0 Å². The summed E-state index contributed by atoms with van der Waals surface area (Å²) in [6.07, 6.45) is 0. The van der Waals surface area contributed by atoms with E-state index in [4.69, 9.17) is 28.1 Å². The molecule has 7 nitrogen and oxygen atoms in total. The van der Waals surface area contributed by atoms with Crippen LogP contribution < -0.4 is 8.19 Å². The van der Waals surface area contributed by atoms with Gasteiger partial charge in [-0.2, -0.15) is 0 Å². The molecule has 10 heavy (non-hydrogen) atoms. The molecule has 0 unspecified atom stereocenters. The Labute approximate surface area is 74.4 Å². The average Bonchev–Trinajstić information content (AvgIpc) is 1.19. The summed E-state index contributed by atoms with van der Waals surface area (Å²) in [5.41, 5.74) is 0. The number of hydrogen-bond acceptors (Lipinski definition) is 4. The summed E-state index contributed by atoms with van der Waals surface area (Å²) in [6, 6.07) is 0. The van der Waals surface area contributed by atoms with Gasteiger partial charge in [0.25, 0.3) is 0 Å². The maximum absolute atomic E-state index is 8.76. The molecule has 0 heterocycles.